The molecule has 0 radical (unpaired) electrons. The third-order valence-electron chi connectivity index (χ3n) is 1.19. The molecule has 1 atom stereocenters. The van der Waals surface area contributed by atoms with Gasteiger partial charge in [-0.05, 0) is 27.7 Å². The van der Waals surface area contributed by atoms with Gasteiger partial charge in [0, 0.05) is 12.1 Å². The third-order valence-corrected chi connectivity index (χ3v) is 2.39. The van der Waals surface area contributed by atoms with Gasteiger partial charge in [0.25, 0.3) is 0 Å². The Labute approximate surface area is 54.7 Å². The SMILES string of the molecule is CC(C)N(P)C(C)C. The van der Waals surface area contributed by atoms with E-state index in [-0.39, 0.29) is 0 Å². The lowest BCUT2D eigenvalue weighted by Gasteiger charge is -2.24. The lowest BCUT2D eigenvalue weighted by Crippen LogP contribution is -2.26. The Bertz CT molecular complexity index is 53.5. The topological polar surface area (TPSA) is 3.24 Å². The van der Waals surface area contributed by atoms with Gasteiger partial charge in [0.1, 0.15) is 0 Å². The fourth-order valence-electron chi connectivity index (χ4n) is 0.596. The first kappa shape index (κ1) is 8.39. The molecule has 0 aliphatic rings. The summed E-state index contributed by atoms with van der Waals surface area (Å²) in [6, 6.07) is 1.28. The van der Waals surface area contributed by atoms with Crippen LogP contribution in [0.2, 0.25) is 0 Å². The maximum atomic E-state index is 2.72. The number of hydrogen-bond acceptors (Lipinski definition) is 1. The Morgan fingerprint density at radius 2 is 1.25 bits per heavy atom. The standard InChI is InChI=1S/C6H16NP/c1-5(2)7(8)6(3)4/h5-6H,8H2,1-4H3. The zero-order chi connectivity index (χ0) is 6.73. The van der Waals surface area contributed by atoms with Crippen LogP contribution in [0.5, 0.6) is 0 Å². The Morgan fingerprint density at radius 3 is 1.25 bits per heavy atom. The van der Waals surface area contributed by atoms with Gasteiger partial charge < -0.3 is 0 Å². The van der Waals surface area contributed by atoms with Gasteiger partial charge in [0.2, 0.25) is 0 Å². The second-order valence-electron chi connectivity index (χ2n) is 2.63. The average molecular weight is 133 g/mol. The van der Waals surface area contributed by atoms with Crippen LogP contribution in [0, 0.1) is 0 Å². The number of hydrogen-bond donors (Lipinski definition) is 0. The van der Waals surface area contributed by atoms with Crippen molar-refractivity contribution in [2.75, 3.05) is 0 Å². The van der Waals surface area contributed by atoms with E-state index in [1.54, 1.807) is 0 Å². The molecule has 0 heterocycles. The van der Waals surface area contributed by atoms with Crippen LogP contribution in [0.25, 0.3) is 0 Å². The largest absolute Gasteiger partial charge is 0.282 e. The van der Waals surface area contributed by atoms with Crippen LogP contribution in [-0.4, -0.2) is 16.8 Å². The minimum atomic E-state index is 0.639. The second-order valence-corrected chi connectivity index (χ2v) is 3.23. The van der Waals surface area contributed by atoms with Crippen molar-refractivity contribution < 1.29 is 0 Å². The summed E-state index contributed by atoms with van der Waals surface area (Å²) in [5.41, 5.74) is 0. The van der Waals surface area contributed by atoms with Crippen LogP contribution >= 0.6 is 9.39 Å². The van der Waals surface area contributed by atoms with Crippen LogP contribution in [0.1, 0.15) is 27.7 Å². The van der Waals surface area contributed by atoms with Gasteiger partial charge in [0.05, 0.1) is 0 Å². The molecule has 50 valence electrons. The molecule has 0 amide bonds. The van der Waals surface area contributed by atoms with Crippen molar-refractivity contribution in [2.45, 2.75) is 39.8 Å². The highest BCUT2D eigenvalue weighted by Crippen LogP contribution is 2.09. The fraction of sp³-hybridized carbons (Fsp3) is 1.00. The summed E-state index contributed by atoms with van der Waals surface area (Å²) in [6.07, 6.45) is 0. The summed E-state index contributed by atoms with van der Waals surface area (Å²) in [7, 11) is 2.72. The molecule has 0 aromatic heterocycles. The molecule has 8 heavy (non-hydrogen) atoms. The van der Waals surface area contributed by atoms with Crippen LogP contribution < -0.4 is 0 Å². The lowest BCUT2D eigenvalue weighted by atomic mass is 10.3. The molecule has 1 nitrogen and oxygen atoms in total. The summed E-state index contributed by atoms with van der Waals surface area (Å²) >= 11 is 0. The van der Waals surface area contributed by atoms with Gasteiger partial charge in [-0.25, -0.2) is 0 Å². The Kier molecular flexibility index (Phi) is 3.59. The van der Waals surface area contributed by atoms with Gasteiger partial charge in [-0.3, -0.25) is 4.67 Å². The molecule has 0 saturated carbocycles. The molecule has 0 rings (SSSR count). The Morgan fingerprint density at radius 1 is 1.00 bits per heavy atom. The molecule has 0 spiro atoms. The first-order valence-electron chi connectivity index (χ1n) is 3.08. The van der Waals surface area contributed by atoms with Crippen molar-refractivity contribution in [2.24, 2.45) is 0 Å². The normalized spacial score (nSPS) is 12.0. The summed E-state index contributed by atoms with van der Waals surface area (Å²) in [4.78, 5) is 0. The molecular formula is C6H16NP. The van der Waals surface area contributed by atoms with Crippen LogP contribution in [-0.2, 0) is 0 Å². The van der Waals surface area contributed by atoms with E-state index in [0.29, 0.717) is 12.1 Å². The molecule has 0 N–H and O–H groups in total. The predicted octanol–water partition coefficient (Wildman–Crippen LogP) is 1.90. The van der Waals surface area contributed by atoms with Crippen LogP contribution in [0.4, 0.5) is 0 Å². The maximum absolute atomic E-state index is 2.72. The highest BCUT2D eigenvalue weighted by Gasteiger charge is 2.05. The fourth-order valence-corrected chi connectivity index (χ4v) is 0.596. The van der Waals surface area contributed by atoms with Gasteiger partial charge in [-0.15, -0.1) is 0 Å². The van der Waals surface area contributed by atoms with Crippen molar-refractivity contribution in [3.63, 3.8) is 0 Å². The molecular weight excluding hydrogens is 117 g/mol. The van der Waals surface area contributed by atoms with Crippen LogP contribution in [0.15, 0.2) is 0 Å². The van der Waals surface area contributed by atoms with E-state index in [0.717, 1.165) is 0 Å². The van der Waals surface area contributed by atoms with Crippen molar-refractivity contribution in [3.05, 3.63) is 0 Å². The Hall–Kier alpha value is 0.390. The van der Waals surface area contributed by atoms with Gasteiger partial charge >= 0.3 is 0 Å². The van der Waals surface area contributed by atoms with E-state index in [9.17, 15) is 0 Å². The van der Waals surface area contributed by atoms with Crippen LogP contribution in [0.3, 0.4) is 0 Å². The lowest BCUT2D eigenvalue weighted by molar-refractivity contribution is 0.334. The summed E-state index contributed by atoms with van der Waals surface area (Å²) in [5.74, 6) is 0. The van der Waals surface area contributed by atoms with E-state index in [2.05, 4.69) is 41.8 Å². The molecule has 0 aromatic rings. The molecule has 0 saturated heterocycles. The van der Waals surface area contributed by atoms with E-state index < -0.39 is 0 Å². The third kappa shape index (κ3) is 2.64. The van der Waals surface area contributed by atoms with Crippen molar-refractivity contribution >= 4 is 9.39 Å². The maximum Gasteiger partial charge on any atom is 0.00754 e. The van der Waals surface area contributed by atoms with Gasteiger partial charge in [0.15, 0.2) is 0 Å². The zero-order valence-corrected chi connectivity index (χ0v) is 7.33. The van der Waals surface area contributed by atoms with Crippen molar-refractivity contribution in [1.82, 2.24) is 4.67 Å². The highest BCUT2D eigenvalue weighted by molar-refractivity contribution is 7.13. The van der Waals surface area contributed by atoms with Gasteiger partial charge in [-0.2, -0.15) is 0 Å². The molecule has 0 aliphatic carbocycles. The molecule has 0 aromatic carbocycles. The van der Waals surface area contributed by atoms with E-state index in [4.69, 9.17) is 0 Å². The molecule has 0 aliphatic heterocycles. The quantitative estimate of drug-likeness (QED) is 0.520. The van der Waals surface area contributed by atoms with Crippen molar-refractivity contribution in [3.8, 4) is 0 Å². The number of nitrogens with zero attached hydrogens (tertiary/aromatic N) is 1. The minimum Gasteiger partial charge on any atom is -0.282 e. The smallest absolute Gasteiger partial charge is 0.00754 e. The second kappa shape index (κ2) is 3.42. The monoisotopic (exact) mass is 133 g/mol. The molecule has 2 heteroatoms. The zero-order valence-electron chi connectivity index (χ0n) is 6.18. The van der Waals surface area contributed by atoms with E-state index in [1.165, 1.54) is 0 Å². The van der Waals surface area contributed by atoms with E-state index in [1.807, 2.05) is 0 Å². The average Bonchev–Trinajstić information content (AvgIpc) is 1.64. The molecule has 0 fully saturated rings. The van der Waals surface area contributed by atoms with Crippen molar-refractivity contribution in [1.29, 1.82) is 0 Å². The number of rotatable bonds is 2. The van der Waals surface area contributed by atoms with Gasteiger partial charge in [-0.1, -0.05) is 9.39 Å². The first-order chi connectivity index (χ1) is 3.55. The first-order valence-corrected chi connectivity index (χ1v) is 3.60. The summed E-state index contributed by atoms with van der Waals surface area (Å²) < 4.78 is 2.25. The highest BCUT2D eigenvalue weighted by atomic mass is 31.0. The summed E-state index contributed by atoms with van der Waals surface area (Å²) in [6.45, 7) is 8.75. The Balaban J connectivity index is 3.46. The minimum absolute atomic E-state index is 0.639. The molecule has 0 bridgehead atoms. The molecule has 1 unspecified atom stereocenters. The summed E-state index contributed by atoms with van der Waals surface area (Å²) in [5, 5.41) is 0. The van der Waals surface area contributed by atoms with E-state index >= 15 is 0 Å². The predicted molar refractivity (Wildman–Crippen MR) is 41.8 cm³/mol.